The normalized spacial score (nSPS) is 12.1. The molecule has 1 amide bonds. The van der Waals surface area contributed by atoms with Gasteiger partial charge in [0.25, 0.3) is 17.2 Å². The summed E-state index contributed by atoms with van der Waals surface area (Å²) < 4.78 is 54.4. The van der Waals surface area contributed by atoms with Crippen LogP contribution in [0.3, 0.4) is 0 Å². The number of hydrogen-bond donors (Lipinski definition) is 2. The van der Waals surface area contributed by atoms with Crippen molar-refractivity contribution >= 4 is 17.6 Å². The first kappa shape index (κ1) is 25.0. The Labute approximate surface area is 192 Å². The number of rotatable bonds is 6. The van der Waals surface area contributed by atoms with Gasteiger partial charge in [-0.2, -0.15) is 23.0 Å². The number of hydrogen-bond acceptors (Lipinski definition) is 6. The molecule has 182 valence electrons. The van der Waals surface area contributed by atoms with Crippen molar-refractivity contribution in [3.8, 4) is 5.69 Å². The number of aromatic nitrogens is 2. The predicted molar refractivity (Wildman–Crippen MR) is 111 cm³/mol. The Hall–Kier alpha value is -4.62. The largest absolute Gasteiger partial charge is 0.478 e. The van der Waals surface area contributed by atoms with Crippen molar-refractivity contribution in [3.63, 3.8) is 0 Å². The number of alkyl halides is 3. The van der Waals surface area contributed by atoms with Gasteiger partial charge in [-0.05, 0) is 36.8 Å². The monoisotopic (exact) mass is 494 g/mol. The second-order valence-electron chi connectivity index (χ2n) is 7.18. The van der Waals surface area contributed by atoms with E-state index in [9.17, 15) is 42.1 Å². The number of nitrogens with zero attached hydrogens (tertiary/aromatic N) is 3. The Bertz CT molecular complexity index is 1400. The molecule has 0 aliphatic carbocycles. The Morgan fingerprint density at radius 1 is 1.17 bits per heavy atom. The van der Waals surface area contributed by atoms with Gasteiger partial charge in [-0.25, -0.2) is 9.18 Å². The van der Waals surface area contributed by atoms with Gasteiger partial charge in [0.1, 0.15) is 11.4 Å². The molecule has 1 atom stereocenters. The van der Waals surface area contributed by atoms with Gasteiger partial charge in [0.2, 0.25) is 0 Å². The number of nitrogens with one attached hydrogen (secondary N) is 1. The van der Waals surface area contributed by atoms with Crippen LogP contribution in [-0.4, -0.2) is 31.7 Å². The van der Waals surface area contributed by atoms with Crippen LogP contribution in [0.4, 0.5) is 23.2 Å². The van der Waals surface area contributed by atoms with Gasteiger partial charge in [0.15, 0.2) is 5.82 Å². The van der Waals surface area contributed by atoms with E-state index in [1.54, 1.807) is 0 Å². The summed E-state index contributed by atoms with van der Waals surface area (Å²) in [5.74, 6) is -3.88. The Morgan fingerprint density at radius 2 is 1.86 bits per heavy atom. The minimum absolute atomic E-state index is 0.228. The summed E-state index contributed by atoms with van der Waals surface area (Å²) in [6.07, 6.45) is -4.88. The number of carboxylic acid groups (broad SMARTS) is 1. The van der Waals surface area contributed by atoms with Crippen LogP contribution in [0.5, 0.6) is 0 Å². The third kappa shape index (κ3) is 5.31. The molecular weight excluding hydrogens is 480 g/mol. The van der Waals surface area contributed by atoms with Gasteiger partial charge >= 0.3 is 12.1 Å². The van der Waals surface area contributed by atoms with E-state index in [-0.39, 0.29) is 5.56 Å². The van der Waals surface area contributed by atoms with Crippen LogP contribution in [0.2, 0.25) is 0 Å². The van der Waals surface area contributed by atoms with Gasteiger partial charge in [-0.15, -0.1) is 0 Å². The van der Waals surface area contributed by atoms with E-state index in [0.29, 0.717) is 16.8 Å². The fraction of sp³-hybridized carbons (Fsp3) is 0.143. The second kappa shape index (κ2) is 9.32. The van der Waals surface area contributed by atoms with Gasteiger partial charge in [-0.3, -0.25) is 19.7 Å². The number of carbonyl (C=O) groups is 2. The van der Waals surface area contributed by atoms with Crippen molar-refractivity contribution in [3.05, 3.63) is 97.2 Å². The van der Waals surface area contributed by atoms with E-state index in [1.165, 1.54) is 6.92 Å². The second-order valence-corrected chi connectivity index (χ2v) is 7.18. The molecule has 0 radical (unpaired) electrons. The lowest BCUT2D eigenvalue weighted by Crippen LogP contribution is -2.31. The average molecular weight is 494 g/mol. The predicted octanol–water partition coefficient (Wildman–Crippen LogP) is 3.49. The third-order valence-electron chi connectivity index (χ3n) is 4.80. The molecule has 0 aliphatic heterocycles. The Balaban J connectivity index is 1.96. The summed E-state index contributed by atoms with van der Waals surface area (Å²) in [5.41, 5.74) is -5.01. The molecule has 14 heteroatoms. The highest BCUT2D eigenvalue weighted by atomic mass is 19.4. The molecule has 35 heavy (non-hydrogen) atoms. The highest BCUT2D eigenvalue weighted by molar-refractivity contribution is 5.92. The van der Waals surface area contributed by atoms with Crippen LogP contribution in [0.1, 0.15) is 44.9 Å². The maximum absolute atomic E-state index is 14.6. The van der Waals surface area contributed by atoms with Crippen molar-refractivity contribution in [2.24, 2.45) is 0 Å². The van der Waals surface area contributed by atoms with E-state index >= 15 is 0 Å². The zero-order valence-corrected chi connectivity index (χ0v) is 17.5. The molecule has 1 aromatic heterocycles. The lowest BCUT2D eigenvalue weighted by atomic mass is 10.0. The molecule has 10 nitrogen and oxygen atoms in total. The van der Waals surface area contributed by atoms with Crippen LogP contribution >= 0.6 is 0 Å². The van der Waals surface area contributed by atoms with Crippen LogP contribution in [0, 0.1) is 15.9 Å². The molecule has 3 rings (SSSR count). The highest BCUT2D eigenvalue weighted by Crippen LogP contribution is 2.34. The summed E-state index contributed by atoms with van der Waals surface area (Å²) in [6, 6.07) is 5.68. The standard InChI is InChI=1S/C21H14F4N4O6/c1-10(11-7-12(21(23,24)25)9-13(8-11)29(34)35)26-19(31)15-5-6-17(30)28(27-15)16-4-2-3-14(18(16)22)20(32)33/h2-10H,1H3,(H,26,31)(H,32,33)/t10-/m1/s1. The van der Waals surface area contributed by atoms with Crippen molar-refractivity contribution in [2.45, 2.75) is 19.1 Å². The van der Waals surface area contributed by atoms with Crippen LogP contribution < -0.4 is 10.9 Å². The SMILES string of the molecule is C[C@@H](NC(=O)c1ccc(=O)n(-c2cccc(C(=O)O)c2F)n1)c1cc([N+](=O)[O-])cc(C(F)(F)F)c1. The number of benzene rings is 2. The summed E-state index contributed by atoms with van der Waals surface area (Å²) in [4.78, 5) is 46.0. The first-order valence-electron chi connectivity index (χ1n) is 9.59. The fourth-order valence-electron chi connectivity index (χ4n) is 3.06. The van der Waals surface area contributed by atoms with E-state index in [2.05, 4.69) is 10.4 Å². The number of aromatic carboxylic acids is 1. The van der Waals surface area contributed by atoms with Crippen LogP contribution in [0.25, 0.3) is 5.69 Å². The quantitative estimate of drug-likeness (QED) is 0.303. The third-order valence-corrected chi connectivity index (χ3v) is 4.80. The molecular formula is C21H14F4N4O6. The molecule has 2 N–H and O–H groups in total. The topological polar surface area (TPSA) is 144 Å². The van der Waals surface area contributed by atoms with Crippen molar-refractivity contribution in [1.82, 2.24) is 15.1 Å². The summed E-state index contributed by atoms with van der Waals surface area (Å²) in [7, 11) is 0. The molecule has 0 aliphatic rings. The van der Waals surface area contributed by atoms with Crippen LogP contribution in [-0.2, 0) is 6.18 Å². The van der Waals surface area contributed by atoms with Crippen molar-refractivity contribution < 1.29 is 37.2 Å². The minimum Gasteiger partial charge on any atom is -0.478 e. The van der Waals surface area contributed by atoms with Gasteiger partial charge in [-0.1, -0.05) is 6.07 Å². The van der Waals surface area contributed by atoms with Crippen molar-refractivity contribution in [2.75, 3.05) is 0 Å². The fourth-order valence-corrected chi connectivity index (χ4v) is 3.06. The van der Waals surface area contributed by atoms with Crippen molar-refractivity contribution in [1.29, 1.82) is 0 Å². The number of amides is 1. The van der Waals surface area contributed by atoms with Gasteiger partial charge < -0.3 is 10.4 Å². The number of nitro benzene ring substituents is 1. The molecule has 0 saturated carbocycles. The molecule has 2 aromatic carbocycles. The smallest absolute Gasteiger partial charge is 0.416 e. The van der Waals surface area contributed by atoms with E-state index < -0.39 is 68.6 Å². The number of carbonyl (C=O) groups excluding carboxylic acids is 1. The minimum atomic E-state index is -4.88. The lowest BCUT2D eigenvalue weighted by Gasteiger charge is -2.16. The molecule has 0 spiro atoms. The number of carboxylic acids is 1. The zero-order chi connectivity index (χ0) is 26.1. The molecule has 0 bridgehead atoms. The Morgan fingerprint density at radius 3 is 2.46 bits per heavy atom. The van der Waals surface area contributed by atoms with E-state index in [1.807, 2.05) is 0 Å². The number of nitro groups is 1. The number of halogens is 4. The zero-order valence-electron chi connectivity index (χ0n) is 17.5. The summed E-state index contributed by atoms with van der Waals surface area (Å²) in [6.45, 7) is 1.27. The van der Waals surface area contributed by atoms with Gasteiger partial charge in [0, 0.05) is 18.2 Å². The molecule has 1 heterocycles. The number of non-ortho nitro benzene ring substituents is 1. The Kier molecular flexibility index (Phi) is 6.66. The summed E-state index contributed by atoms with van der Waals surface area (Å²) >= 11 is 0. The molecule has 0 unspecified atom stereocenters. The first-order valence-corrected chi connectivity index (χ1v) is 9.59. The maximum atomic E-state index is 14.6. The average Bonchev–Trinajstić information content (AvgIpc) is 2.78. The lowest BCUT2D eigenvalue weighted by molar-refractivity contribution is -0.385. The summed E-state index contributed by atoms with van der Waals surface area (Å²) in [5, 5.41) is 26.1. The van der Waals surface area contributed by atoms with Crippen LogP contribution in [0.15, 0.2) is 53.3 Å². The highest BCUT2D eigenvalue weighted by Gasteiger charge is 2.33. The molecule has 3 aromatic rings. The first-order chi connectivity index (χ1) is 16.3. The van der Waals surface area contributed by atoms with Gasteiger partial charge in [0.05, 0.1) is 22.1 Å². The van der Waals surface area contributed by atoms with E-state index in [4.69, 9.17) is 5.11 Å². The maximum Gasteiger partial charge on any atom is 0.416 e. The molecule has 0 fully saturated rings. The van der Waals surface area contributed by atoms with E-state index in [0.717, 1.165) is 36.4 Å². The molecule has 0 saturated heterocycles.